The zero-order chi connectivity index (χ0) is 18.6. The van der Waals surface area contributed by atoms with Crippen molar-refractivity contribution < 1.29 is 19.8 Å². The van der Waals surface area contributed by atoms with E-state index in [0.29, 0.717) is 12.2 Å². The molecule has 1 aromatic carbocycles. The predicted molar refractivity (Wildman–Crippen MR) is 97.4 cm³/mol. The number of hydrogen-bond acceptors (Lipinski definition) is 4. The van der Waals surface area contributed by atoms with Crippen LogP contribution in [0.4, 0.5) is 0 Å². The van der Waals surface area contributed by atoms with E-state index in [0.717, 1.165) is 5.75 Å². The molecule has 0 saturated carbocycles. The van der Waals surface area contributed by atoms with Gasteiger partial charge >= 0.3 is 11.9 Å². The summed E-state index contributed by atoms with van der Waals surface area (Å²) in [5.41, 5.74) is 9.85. The van der Waals surface area contributed by atoms with E-state index in [1.54, 1.807) is 0 Å². The molecule has 1 aliphatic rings. The van der Waals surface area contributed by atoms with Gasteiger partial charge in [0.05, 0.1) is 11.4 Å². The number of hydrogen-bond donors (Lipinski definition) is 3. The largest absolute Gasteiger partial charge is 0.478 e. The number of carboxylic acid groups (broad SMARTS) is 2. The van der Waals surface area contributed by atoms with E-state index in [1.165, 1.54) is 21.7 Å². The third-order valence-electron chi connectivity index (χ3n) is 3.48. The molecule has 0 saturated heterocycles. The number of rotatable bonds is 3. The molecule has 0 bridgehead atoms. The van der Waals surface area contributed by atoms with Crippen LogP contribution >= 0.6 is 11.8 Å². The fourth-order valence-electron chi connectivity index (χ4n) is 2.46. The topological polar surface area (TPSA) is 106 Å². The first-order valence-corrected chi connectivity index (χ1v) is 8.54. The Labute approximate surface area is 150 Å². The number of aromatic nitrogens is 1. The van der Waals surface area contributed by atoms with Crippen molar-refractivity contribution in [1.82, 2.24) is 4.57 Å². The first-order valence-electron chi connectivity index (χ1n) is 7.56. The zero-order valence-electron chi connectivity index (χ0n) is 14.0. The quantitative estimate of drug-likeness (QED) is 0.726. The van der Waals surface area contributed by atoms with Crippen molar-refractivity contribution in [3.63, 3.8) is 0 Å². The number of nitrogens with zero attached hydrogens (tertiary/aromatic N) is 1. The summed E-state index contributed by atoms with van der Waals surface area (Å²) in [6.07, 6.45) is 3.22. The van der Waals surface area contributed by atoms with Gasteiger partial charge in [-0.1, -0.05) is 18.2 Å². The zero-order valence-corrected chi connectivity index (χ0v) is 14.8. The number of aliphatic carboxylic acids is 2. The minimum atomic E-state index is -1.26. The molecule has 3 rings (SSSR count). The number of carbonyl (C=O) groups is 2. The predicted octanol–water partition coefficient (Wildman–Crippen LogP) is 3.12. The third kappa shape index (κ3) is 4.74. The molecule has 1 aliphatic heterocycles. The Morgan fingerprint density at radius 2 is 1.76 bits per heavy atom. The summed E-state index contributed by atoms with van der Waals surface area (Å²) < 4.78 is 2.18. The van der Waals surface area contributed by atoms with Crippen LogP contribution < -0.4 is 5.73 Å². The van der Waals surface area contributed by atoms with Crippen LogP contribution in [0.1, 0.15) is 19.4 Å². The van der Waals surface area contributed by atoms with E-state index < -0.39 is 11.9 Å². The van der Waals surface area contributed by atoms with Crippen molar-refractivity contribution in [3.05, 3.63) is 54.2 Å². The average Bonchev–Trinajstić information content (AvgIpc) is 2.98. The highest BCUT2D eigenvalue weighted by Crippen LogP contribution is 2.42. The van der Waals surface area contributed by atoms with Crippen molar-refractivity contribution in [2.45, 2.75) is 30.2 Å². The maximum Gasteiger partial charge on any atom is 0.328 e. The highest BCUT2D eigenvalue weighted by atomic mass is 32.2. The Kier molecular flexibility index (Phi) is 5.71. The summed E-state index contributed by atoms with van der Waals surface area (Å²) in [6.45, 7) is 4.08. The van der Waals surface area contributed by atoms with Gasteiger partial charge in [0.1, 0.15) is 0 Å². The van der Waals surface area contributed by atoms with Crippen LogP contribution in [0, 0.1) is 0 Å². The van der Waals surface area contributed by atoms with E-state index >= 15 is 0 Å². The van der Waals surface area contributed by atoms with Gasteiger partial charge in [0.25, 0.3) is 0 Å². The van der Waals surface area contributed by atoms with Gasteiger partial charge in [0.2, 0.25) is 0 Å². The van der Waals surface area contributed by atoms with Gasteiger partial charge in [0, 0.05) is 34.6 Å². The second-order valence-corrected chi connectivity index (χ2v) is 7.03. The molecular formula is C18H20N2O4S. The molecule has 4 N–H and O–H groups in total. The van der Waals surface area contributed by atoms with Crippen LogP contribution in [0.25, 0.3) is 11.3 Å². The van der Waals surface area contributed by atoms with Gasteiger partial charge in [-0.05, 0) is 31.5 Å². The highest BCUT2D eigenvalue weighted by Gasteiger charge is 2.24. The normalized spacial score (nSPS) is 12.8. The minimum Gasteiger partial charge on any atom is -0.478 e. The van der Waals surface area contributed by atoms with E-state index in [1.807, 2.05) is 25.6 Å². The molecule has 132 valence electrons. The van der Waals surface area contributed by atoms with Crippen molar-refractivity contribution in [3.8, 4) is 11.3 Å². The van der Waals surface area contributed by atoms with Gasteiger partial charge < -0.3 is 20.5 Å². The first kappa shape index (κ1) is 18.8. The average molecular weight is 360 g/mol. The fourth-order valence-corrected chi connectivity index (χ4v) is 3.50. The van der Waals surface area contributed by atoms with E-state index in [2.05, 4.69) is 41.1 Å². The highest BCUT2D eigenvalue weighted by molar-refractivity contribution is 7.98. The molecule has 0 amide bonds. The first-order chi connectivity index (χ1) is 11.7. The lowest BCUT2D eigenvalue weighted by Gasteiger charge is -2.27. The molecule has 25 heavy (non-hydrogen) atoms. The molecule has 6 nitrogen and oxygen atoms in total. The maximum absolute atomic E-state index is 9.55. The molecular weight excluding hydrogens is 340 g/mol. The van der Waals surface area contributed by atoms with Crippen LogP contribution in [-0.2, 0) is 21.0 Å². The standard InChI is InChI=1S/C14H16N2S.C4H4O4/c1-14(2,15)16-8-7-10-9-17-12-6-4-3-5-11(12)13(10)16;5-3(6)1-2-4(7)8/h3-8H,9,15H2,1-2H3;1-2H,(H,5,6)(H,7,8)/b;2-1+. The third-order valence-corrected chi connectivity index (χ3v) is 4.61. The van der Waals surface area contributed by atoms with Gasteiger partial charge in [-0.15, -0.1) is 11.8 Å². The SMILES string of the molecule is CC(C)(N)n1ccc2c1-c1ccccc1SC2.O=C(O)/C=C/C(=O)O. The molecule has 0 radical (unpaired) electrons. The molecule has 0 atom stereocenters. The summed E-state index contributed by atoms with van der Waals surface area (Å²) in [5, 5.41) is 15.6. The van der Waals surface area contributed by atoms with Crippen LogP contribution in [0.15, 0.2) is 53.6 Å². The summed E-state index contributed by atoms with van der Waals surface area (Å²) in [6, 6.07) is 10.7. The summed E-state index contributed by atoms with van der Waals surface area (Å²) in [5.74, 6) is -1.48. The monoisotopic (exact) mass is 360 g/mol. The Bertz CT molecular complexity index is 803. The van der Waals surface area contributed by atoms with E-state index in [4.69, 9.17) is 15.9 Å². The molecule has 0 spiro atoms. The Morgan fingerprint density at radius 3 is 2.32 bits per heavy atom. The molecule has 0 unspecified atom stereocenters. The van der Waals surface area contributed by atoms with Crippen LogP contribution in [-0.4, -0.2) is 26.7 Å². The van der Waals surface area contributed by atoms with Gasteiger partial charge in [-0.25, -0.2) is 9.59 Å². The number of carboxylic acids is 2. The number of thioether (sulfide) groups is 1. The van der Waals surface area contributed by atoms with Crippen LogP contribution in [0.2, 0.25) is 0 Å². The number of benzene rings is 1. The summed E-state index contributed by atoms with van der Waals surface area (Å²) >= 11 is 1.90. The minimum absolute atomic E-state index is 0.358. The van der Waals surface area contributed by atoms with Crippen molar-refractivity contribution in [2.75, 3.05) is 0 Å². The fraction of sp³-hybridized carbons (Fsp3) is 0.222. The van der Waals surface area contributed by atoms with Crippen LogP contribution in [0.3, 0.4) is 0 Å². The second-order valence-electron chi connectivity index (χ2n) is 6.01. The van der Waals surface area contributed by atoms with E-state index in [9.17, 15) is 9.59 Å². The van der Waals surface area contributed by atoms with Gasteiger partial charge in [0.15, 0.2) is 0 Å². The molecule has 2 heterocycles. The Morgan fingerprint density at radius 1 is 1.16 bits per heavy atom. The maximum atomic E-state index is 9.55. The molecule has 0 fully saturated rings. The smallest absolute Gasteiger partial charge is 0.328 e. The second kappa shape index (κ2) is 7.58. The number of nitrogens with two attached hydrogens (primary N) is 1. The van der Waals surface area contributed by atoms with E-state index in [-0.39, 0.29) is 5.66 Å². The lowest BCUT2D eigenvalue weighted by atomic mass is 10.1. The van der Waals surface area contributed by atoms with Gasteiger partial charge in [-0.3, -0.25) is 0 Å². The summed E-state index contributed by atoms with van der Waals surface area (Å²) in [4.78, 5) is 20.5. The van der Waals surface area contributed by atoms with Crippen molar-refractivity contribution >= 4 is 23.7 Å². The summed E-state index contributed by atoms with van der Waals surface area (Å²) in [7, 11) is 0. The van der Waals surface area contributed by atoms with Crippen molar-refractivity contribution in [2.24, 2.45) is 5.73 Å². The lowest BCUT2D eigenvalue weighted by molar-refractivity contribution is -0.134. The molecule has 7 heteroatoms. The Balaban J connectivity index is 0.000000242. The van der Waals surface area contributed by atoms with Crippen molar-refractivity contribution in [1.29, 1.82) is 0 Å². The molecule has 2 aromatic rings. The molecule has 0 aliphatic carbocycles. The number of fused-ring (bicyclic) bond motifs is 3. The molecule has 1 aromatic heterocycles. The van der Waals surface area contributed by atoms with Crippen LogP contribution in [0.5, 0.6) is 0 Å². The lowest BCUT2D eigenvalue weighted by Crippen LogP contribution is -2.36. The van der Waals surface area contributed by atoms with Gasteiger partial charge in [-0.2, -0.15) is 0 Å². The Hall–Kier alpha value is -2.51.